The van der Waals surface area contributed by atoms with Crippen molar-refractivity contribution in [1.29, 1.82) is 0 Å². The molecule has 0 unspecified atom stereocenters. The number of carbonyl (C=O) groups is 1. The van der Waals surface area contributed by atoms with Crippen LogP contribution in [0.25, 0.3) is 11.3 Å². The second-order valence-corrected chi connectivity index (χ2v) is 6.73. The number of benzene rings is 2. The lowest BCUT2D eigenvalue weighted by molar-refractivity contribution is -0.117. The molecule has 0 bridgehead atoms. The summed E-state index contributed by atoms with van der Waals surface area (Å²) < 4.78 is 5.24. The number of hydrogen-bond acceptors (Lipinski definition) is 5. The molecule has 1 aromatic heterocycles. The monoisotopic (exact) mass is 351 g/mol. The van der Waals surface area contributed by atoms with Crippen LogP contribution in [0.2, 0.25) is 0 Å². The van der Waals surface area contributed by atoms with Crippen molar-refractivity contribution in [2.45, 2.75) is 6.42 Å². The first-order chi connectivity index (χ1) is 12.1. The minimum Gasteiger partial charge on any atom is -0.497 e. The summed E-state index contributed by atoms with van der Waals surface area (Å²) >= 11 is 1.55. The number of rotatable bonds is 4. The summed E-state index contributed by atoms with van der Waals surface area (Å²) in [4.78, 5) is 18.2. The van der Waals surface area contributed by atoms with Crippen molar-refractivity contribution in [2.24, 2.45) is 0 Å². The second-order valence-electron chi connectivity index (χ2n) is 5.87. The number of amides is 1. The smallest absolute Gasteiger partial charge is 0.231 e. The lowest BCUT2D eigenvalue weighted by Crippen LogP contribution is -2.20. The van der Waals surface area contributed by atoms with E-state index < -0.39 is 0 Å². The van der Waals surface area contributed by atoms with E-state index in [1.165, 1.54) is 0 Å². The van der Waals surface area contributed by atoms with Gasteiger partial charge in [0.2, 0.25) is 5.91 Å². The zero-order chi connectivity index (χ0) is 17.4. The number of nitrogens with one attached hydrogen (secondary N) is 1. The standard InChI is InChI=1S/C19H17N3O2S/c1-22-17-7-6-12(8-13(17)9-18(22)23)16-11-25-19(21-16)20-14-4-3-5-15(10-14)24-2/h3-8,10-11H,9H2,1-2H3,(H,20,21). The summed E-state index contributed by atoms with van der Waals surface area (Å²) in [5, 5.41) is 6.14. The van der Waals surface area contributed by atoms with Gasteiger partial charge in [-0.05, 0) is 29.8 Å². The number of anilines is 3. The molecule has 0 atom stereocenters. The van der Waals surface area contributed by atoms with Crippen LogP contribution in [-0.2, 0) is 11.2 Å². The van der Waals surface area contributed by atoms with Crippen LogP contribution in [0.5, 0.6) is 5.75 Å². The van der Waals surface area contributed by atoms with Gasteiger partial charge in [-0.15, -0.1) is 11.3 Å². The lowest BCUT2D eigenvalue weighted by atomic mass is 10.1. The molecular weight excluding hydrogens is 334 g/mol. The van der Waals surface area contributed by atoms with E-state index in [1.807, 2.05) is 48.8 Å². The van der Waals surface area contributed by atoms with Crippen molar-refractivity contribution in [2.75, 3.05) is 24.4 Å². The molecule has 5 nitrogen and oxygen atoms in total. The number of methoxy groups -OCH3 is 1. The average Bonchev–Trinajstić information content (AvgIpc) is 3.20. The molecule has 0 saturated heterocycles. The molecule has 25 heavy (non-hydrogen) atoms. The van der Waals surface area contributed by atoms with E-state index >= 15 is 0 Å². The van der Waals surface area contributed by atoms with Crippen molar-refractivity contribution in [3.8, 4) is 17.0 Å². The first kappa shape index (κ1) is 15.7. The Morgan fingerprint density at radius 2 is 2.12 bits per heavy atom. The maximum Gasteiger partial charge on any atom is 0.231 e. The third kappa shape index (κ3) is 2.96. The fourth-order valence-electron chi connectivity index (χ4n) is 2.92. The fraction of sp³-hybridized carbons (Fsp3) is 0.158. The maximum atomic E-state index is 11.8. The zero-order valence-corrected chi connectivity index (χ0v) is 14.8. The van der Waals surface area contributed by atoms with Gasteiger partial charge >= 0.3 is 0 Å². The predicted molar refractivity (Wildman–Crippen MR) is 101 cm³/mol. The fourth-order valence-corrected chi connectivity index (χ4v) is 3.66. The Bertz CT molecular complexity index is 951. The van der Waals surface area contributed by atoms with Crippen molar-refractivity contribution in [3.63, 3.8) is 0 Å². The quantitative estimate of drug-likeness (QED) is 0.769. The Balaban J connectivity index is 1.57. The van der Waals surface area contributed by atoms with Gasteiger partial charge < -0.3 is 15.0 Å². The summed E-state index contributed by atoms with van der Waals surface area (Å²) in [6.45, 7) is 0. The van der Waals surface area contributed by atoms with Gasteiger partial charge in [0.05, 0.1) is 19.2 Å². The Morgan fingerprint density at radius 3 is 2.96 bits per heavy atom. The van der Waals surface area contributed by atoms with Crippen LogP contribution in [0.15, 0.2) is 47.8 Å². The first-order valence-corrected chi connectivity index (χ1v) is 8.78. The van der Waals surface area contributed by atoms with Gasteiger partial charge in [0.15, 0.2) is 5.13 Å². The molecule has 0 radical (unpaired) electrons. The number of nitrogens with zero attached hydrogens (tertiary/aromatic N) is 2. The minimum absolute atomic E-state index is 0.130. The molecule has 0 spiro atoms. The highest BCUT2D eigenvalue weighted by molar-refractivity contribution is 7.14. The highest BCUT2D eigenvalue weighted by Gasteiger charge is 2.24. The molecule has 0 saturated carbocycles. The molecule has 1 amide bonds. The highest BCUT2D eigenvalue weighted by Crippen LogP contribution is 2.33. The summed E-state index contributed by atoms with van der Waals surface area (Å²) in [5.41, 5.74) is 4.90. The van der Waals surface area contributed by atoms with Crippen LogP contribution in [-0.4, -0.2) is 25.0 Å². The van der Waals surface area contributed by atoms with Gasteiger partial charge in [0, 0.05) is 35.4 Å². The van der Waals surface area contributed by atoms with Crippen molar-refractivity contribution in [3.05, 3.63) is 53.4 Å². The molecule has 3 aromatic rings. The molecule has 6 heteroatoms. The number of hydrogen-bond donors (Lipinski definition) is 1. The largest absolute Gasteiger partial charge is 0.497 e. The summed E-state index contributed by atoms with van der Waals surface area (Å²) in [6.07, 6.45) is 0.457. The number of likely N-dealkylation sites (N-methyl/N-ethyl adjacent to an activating group) is 1. The minimum atomic E-state index is 0.130. The van der Waals surface area contributed by atoms with E-state index in [0.717, 1.165) is 39.1 Å². The van der Waals surface area contributed by atoms with E-state index in [2.05, 4.69) is 16.4 Å². The van der Waals surface area contributed by atoms with Crippen LogP contribution >= 0.6 is 11.3 Å². The molecular formula is C19H17N3O2S. The molecule has 1 aliphatic rings. The molecule has 126 valence electrons. The normalized spacial score (nSPS) is 13.0. The topological polar surface area (TPSA) is 54.5 Å². The molecule has 0 fully saturated rings. The zero-order valence-electron chi connectivity index (χ0n) is 13.9. The Morgan fingerprint density at radius 1 is 1.24 bits per heavy atom. The summed E-state index contributed by atoms with van der Waals surface area (Å²) in [6, 6.07) is 13.8. The number of fused-ring (bicyclic) bond motifs is 1. The third-order valence-electron chi connectivity index (χ3n) is 4.28. The summed E-state index contributed by atoms with van der Waals surface area (Å²) in [7, 11) is 3.46. The van der Waals surface area contributed by atoms with Gasteiger partial charge in [-0.1, -0.05) is 12.1 Å². The number of thiazole rings is 1. The summed E-state index contributed by atoms with van der Waals surface area (Å²) in [5.74, 6) is 0.931. The maximum absolute atomic E-state index is 11.8. The lowest BCUT2D eigenvalue weighted by Gasteiger charge is -2.09. The van der Waals surface area contributed by atoms with E-state index in [9.17, 15) is 4.79 Å². The van der Waals surface area contributed by atoms with Gasteiger partial charge in [0.25, 0.3) is 0 Å². The third-order valence-corrected chi connectivity index (χ3v) is 5.04. The number of aromatic nitrogens is 1. The predicted octanol–water partition coefficient (Wildman–Crippen LogP) is 4.08. The molecule has 2 heterocycles. The van der Waals surface area contributed by atoms with Gasteiger partial charge in [-0.2, -0.15) is 0 Å². The van der Waals surface area contributed by atoms with E-state index in [4.69, 9.17) is 4.74 Å². The van der Waals surface area contributed by atoms with Crippen LogP contribution in [0.1, 0.15) is 5.56 Å². The van der Waals surface area contributed by atoms with Crippen LogP contribution < -0.4 is 15.0 Å². The van der Waals surface area contributed by atoms with Gasteiger partial charge in [-0.25, -0.2) is 4.98 Å². The van der Waals surface area contributed by atoms with Gasteiger partial charge in [-0.3, -0.25) is 4.79 Å². The van der Waals surface area contributed by atoms with Crippen LogP contribution in [0.4, 0.5) is 16.5 Å². The Labute approximate surface area is 149 Å². The SMILES string of the molecule is COc1cccc(Nc2nc(-c3ccc4c(c3)CC(=O)N4C)cs2)c1. The molecule has 1 N–H and O–H groups in total. The van der Waals surface area contributed by atoms with Crippen molar-refractivity contribution >= 4 is 33.8 Å². The average molecular weight is 351 g/mol. The van der Waals surface area contributed by atoms with Crippen molar-refractivity contribution in [1.82, 2.24) is 4.98 Å². The number of carbonyl (C=O) groups excluding carboxylic acids is 1. The molecule has 2 aromatic carbocycles. The van der Waals surface area contributed by atoms with Crippen LogP contribution in [0, 0.1) is 0 Å². The van der Waals surface area contributed by atoms with E-state index in [0.29, 0.717) is 6.42 Å². The van der Waals surface area contributed by atoms with E-state index in [1.54, 1.807) is 23.3 Å². The van der Waals surface area contributed by atoms with E-state index in [-0.39, 0.29) is 5.91 Å². The Kier molecular flexibility index (Phi) is 3.89. The molecule has 0 aliphatic carbocycles. The van der Waals surface area contributed by atoms with Crippen molar-refractivity contribution < 1.29 is 9.53 Å². The number of ether oxygens (including phenoxy) is 1. The van der Waals surface area contributed by atoms with Gasteiger partial charge in [0.1, 0.15) is 5.75 Å². The first-order valence-electron chi connectivity index (χ1n) is 7.90. The van der Waals surface area contributed by atoms with Crippen LogP contribution in [0.3, 0.4) is 0 Å². The highest BCUT2D eigenvalue weighted by atomic mass is 32.1. The molecule has 1 aliphatic heterocycles. The second kappa shape index (κ2) is 6.22. The molecule has 4 rings (SSSR count). The Hall–Kier alpha value is -2.86.